The molecule has 3 atom stereocenters. The van der Waals surface area contributed by atoms with Gasteiger partial charge in [-0.1, -0.05) is 71.9 Å². The Balaban J connectivity index is 3.51. The molecule has 0 heterocycles. The van der Waals surface area contributed by atoms with Crippen LogP contribution in [-0.2, 0) is 28.1 Å². The molecule has 0 radical (unpaired) electrons. The minimum Gasteiger partial charge on any atom is -0.444 e. The van der Waals surface area contributed by atoms with Crippen molar-refractivity contribution >= 4 is 38.3 Å². The minimum absolute atomic E-state index is 0.00248. The fourth-order valence-corrected chi connectivity index (χ4v) is 9.33. The maximum atomic E-state index is 12.9. The lowest BCUT2D eigenvalue weighted by Crippen LogP contribution is -2.62. The minimum atomic E-state index is -4.41. The lowest BCUT2D eigenvalue weighted by Gasteiger charge is -2.42. The smallest absolute Gasteiger partial charge is 0.407 e. The van der Waals surface area contributed by atoms with Crippen molar-refractivity contribution in [3.8, 4) is 0 Å². The third kappa shape index (κ3) is 10.9. The Morgan fingerprint density at radius 2 is 1.46 bits per heavy atom. The Hall–Kier alpha value is -1.29. The van der Waals surface area contributed by atoms with Crippen LogP contribution < -0.4 is 10.5 Å². The van der Waals surface area contributed by atoms with Gasteiger partial charge in [0.05, 0.1) is 18.4 Å². The molecular weight excluding hydrogens is 555 g/mol. The number of hydrogen-bond donors (Lipinski definition) is 2. The molecule has 0 bridgehead atoms. The van der Waals surface area contributed by atoms with Crippen LogP contribution >= 0.6 is 0 Å². The van der Waals surface area contributed by atoms with Crippen molar-refractivity contribution in [3.63, 3.8) is 0 Å². The van der Waals surface area contributed by atoms with E-state index in [1.807, 2.05) is 51.1 Å². The Bertz CT molecular complexity index is 1030. The van der Waals surface area contributed by atoms with E-state index < -0.39 is 61.4 Å². The highest BCUT2D eigenvalue weighted by atomic mass is 32.2. The number of hydrogen-bond acceptors (Lipinski definition) is 7. The molecule has 0 saturated carbocycles. The highest BCUT2D eigenvalue weighted by Gasteiger charge is 2.51. The molecule has 1 rings (SSSR count). The van der Waals surface area contributed by atoms with Gasteiger partial charge >= 0.3 is 14.7 Å². The topological polar surface area (TPSA) is 120 Å². The summed E-state index contributed by atoms with van der Waals surface area (Å²) in [5.74, 6) is -1.44. The number of carbonyl (C=O) groups is 1. The largest absolute Gasteiger partial charge is 0.444 e. The molecule has 2 N–H and O–H groups in total. The van der Waals surface area contributed by atoms with Crippen LogP contribution in [0.2, 0.25) is 23.2 Å². The van der Waals surface area contributed by atoms with E-state index in [9.17, 15) is 17.8 Å². The molecule has 1 aromatic rings. The van der Waals surface area contributed by atoms with Gasteiger partial charge in [0.1, 0.15) is 5.60 Å². The molecule has 0 fully saturated rings. The standard InChI is InChI=1S/C27H51NO8SSi2/c1-25(2,3)36-24(29)28-23(21(20-37(30,31)32)18-34-38(11,12)26(4,5)6)19-35-39(33-10,27(7,8)9)22-16-14-13-15-17-22/h13-17,21,23H,18-20H2,1-12H3,(H,28,29)(H,30,31,32)/t21-,23-,39?/m1/s1. The van der Waals surface area contributed by atoms with Crippen LogP contribution in [0.4, 0.5) is 4.79 Å². The fourth-order valence-electron chi connectivity index (χ4n) is 3.92. The summed E-state index contributed by atoms with van der Waals surface area (Å²) in [6, 6.07) is 8.78. The van der Waals surface area contributed by atoms with Crippen LogP contribution in [0.5, 0.6) is 0 Å². The zero-order valence-electron chi connectivity index (χ0n) is 25.9. The first kappa shape index (κ1) is 35.7. The summed E-state index contributed by atoms with van der Waals surface area (Å²) in [4.78, 5) is 12.9. The van der Waals surface area contributed by atoms with E-state index in [1.165, 1.54) is 0 Å². The van der Waals surface area contributed by atoms with Crippen LogP contribution in [0.1, 0.15) is 62.3 Å². The van der Waals surface area contributed by atoms with Gasteiger partial charge in [-0.05, 0) is 44.1 Å². The lowest BCUT2D eigenvalue weighted by molar-refractivity contribution is 0.0432. The van der Waals surface area contributed by atoms with Crippen LogP contribution in [0.3, 0.4) is 0 Å². The fraction of sp³-hybridized carbons (Fsp3) is 0.741. The number of benzene rings is 1. The molecule has 12 heteroatoms. The SMILES string of the molecule is CO[Si](OC[C@@H](NC(=O)OC(C)(C)C)[C@H](CO[Si](C)(C)C(C)(C)C)CS(=O)(=O)O)(c1ccccc1)C(C)(C)C. The summed E-state index contributed by atoms with van der Waals surface area (Å²) in [5.41, 5.74) is -0.772. The van der Waals surface area contributed by atoms with Gasteiger partial charge in [-0.3, -0.25) is 4.55 Å². The summed E-state index contributed by atoms with van der Waals surface area (Å²) in [6.07, 6.45) is -0.719. The predicted molar refractivity (Wildman–Crippen MR) is 161 cm³/mol. The van der Waals surface area contributed by atoms with E-state index in [0.29, 0.717) is 0 Å². The average Bonchev–Trinajstić information content (AvgIpc) is 2.73. The zero-order chi connectivity index (χ0) is 30.5. The first-order valence-electron chi connectivity index (χ1n) is 13.3. The Kier molecular flexibility index (Phi) is 12.0. The molecule has 0 aromatic heterocycles. The number of carbonyl (C=O) groups excluding carboxylic acids is 1. The summed E-state index contributed by atoms with van der Waals surface area (Å²) >= 11 is 0. The Morgan fingerprint density at radius 1 is 0.923 bits per heavy atom. The maximum absolute atomic E-state index is 12.9. The van der Waals surface area contributed by atoms with Gasteiger partial charge in [0.15, 0.2) is 8.32 Å². The predicted octanol–water partition coefficient (Wildman–Crippen LogP) is 5.22. The van der Waals surface area contributed by atoms with Gasteiger partial charge in [0.25, 0.3) is 10.1 Å². The third-order valence-corrected chi connectivity index (χ3v) is 16.6. The van der Waals surface area contributed by atoms with E-state index in [2.05, 4.69) is 39.2 Å². The van der Waals surface area contributed by atoms with Crippen molar-refractivity contribution in [2.75, 3.05) is 26.1 Å². The van der Waals surface area contributed by atoms with E-state index in [1.54, 1.807) is 27.9 Å². The van der Waals surface area contributed by atoms with Crippen LogP contribution in [-0.4, -0.2) is 73.7 Å². The lowest BCUT2D eigenvalue weighted by atomic mass is 10.0. The first-order valence-corrected chi connectivity index (χ1v) is 19.6. The summed E-state index contributed by atoms with van der Waals surface area (Å²) in [5, 5.41) is 3.17. The monoisotopic (exact) mass is 605 g/mol. The number of amides is 1. The molecule has 1 unspecified atom stereocenters. The molecule has 0 aliphatic carbocycles. The number of alkyl carbamates (subject to hydrolysis) is 1. The Labute approximate surface area is 238 Å². The second-order valence-electron chi connectivity index (χ2n) is 13.6. The van der Waals surface area contributed by atoms with Crippen LogP contribution in [0.25, 0.3) is 0 Å². The molecule has 0 aliphatic heterocycles. The highest BCUT2D eigenvalue weighted by Crippen LogP contribution is 2.38. The van der Waals surface area contributed by atoms with Crippen molar-refractivity contribution in [3.05, 3.63) is 30.3 Å². The van der Waals surface area contributed by atoms with Gasteiger partial charge in [0.2, 0.25) is 0 Å². The number of ether oxygens (including phenoxy) is 1. The quantitative estimate of drug-likeness (QED) is 0.246. The molecular formula is C27H51NO8SSi2. The summed E-state index contributed by atoms with van der Waals surface area (Å²) in [6.45, 7) is 21.6. The first-order chi connectivity index (χ1) is 17.4. The van der Waals surface area contributed by atoms with Gasteiger partial charge in [0, 0.05) is 24.7 Å². The van der Waals surface area contributed by atoms with Crippen molar-refractivity contribution in [1.82, 2.24) is 5.32 Å². The van der Waals surface area contributed by atoms with Crippen molar-refractivity contribution in [1.29, 1.82) is 0 Å². The average molecular weight is 606 g/mol. The van der Waals surface area contributed by atoms with Crippen LogP contribution in [0, 0.1) is 5.92 Å². The molecule has 39 heavy (non-hydrogen) atoms. The van der Waals surface area contributed by atoms with Crippen molar-refractivity contribution in [2.45, 2.75) is 97.1 Å². The number of nitrogens with one attached hydrogen (secondary N) is 1. The van der Waals surface area contributed by atoms with Crippen LogP contribution in [0.15, 0.2) is 30.3 Å². The van der Waals surface area contributed by atoms with Crippen molar-refractivity contribution in [2.24, 2.45) is 5.92 Å². The molecule has 0 saturated heterocycles. The summed E-state index contributed by atoms with van der Waals surface area (Å²) < 4.78 is 58.8. The van der Waals surface area contributed by atoms with Crippen molar-refractivity contribution < 1.29 is 35.8 Å². The highest BCUT2D eigenvalue weighted by molar-refractivity contribution is 7.85. The van der Waals surface area contributed by atoms with Gasteiger partial charge in [-0.2, -0.15) is 8.42 Å². The molecule has 1 amide bonds. The summed E-state index contributed by atoms with van der Waals surface area (Å²) in [7, 11) is -8.24. The normalized spacial score (nSPS) is 16.7. The third-order valence-electron chi connectivity index (χ3n) is 7.06. The zero-order valence-corrected chi connectivity index (χ0v) is 28.7. The van der Waals surface area contributed by atoms with E-state index in [-0.39, 0.29) is 18.3 Å². The second-order valence-corrected chi connectivity index (χ2v) is 23.9. The molecule has 1 aromatic carbocycles. The molecule has 0 spiro atoms. The van der Waals surface area contributed by atoms with Gasteiger partial charge in [-0.25, -0.2) is 4.79 Å². The second kappa shape index (κ2) is 13.1. The Morgan fingerprint density at radius 3 is 1.87 bits per heavy atom. The van der Waals surface area contributed by atoms with Gasteiger partial charge < -0.3 is 23.3 Å². The molecule has 0 aliphatic rings. The molecule has 9 nitrogen and oxygen atoms in total. The molecule has 226 valence electrons. The maximum Gasteiger partial charge on any atom is 0.407 e. The number of rotatable bonds is 12. The van der Waals surface area contributed by atoms with E-state index in [4.69, 9.17) is 18.0 Å². The van der Waals surface area contributed by atoms with E-state index in [0.717, 1.165) is 5.19 Å². The van der Waals surface area contributed by atoms with Gasteiger partial charge in [-0.15, -0.1) is 0 Å². The van der Waals surface area contributed by atoms with E-state index >= 15 is 0 Å².